The largest absolute Gasteiger partial charge is 0.350 e. The SMILES string of the molecule is CC1CCCCN1Cc1ccccc1CNC(=O)CN1C(=O)CSc2ccccc21. The number of likely N-dealkylation sites (tertiary alicyclic amines) is 1. The van der Waals surface area contributed by atoms with Crippen LogP contribution in [0, 0.1) is 0 Å². The lowest BCUT2D eigenvalue weighted by molar-refractivity contribution is -0.123. The number of thioether (sulfide) groups is 1. The van der Waals surface area contributed by atoms with Gasteiger partial charge in [-0.3, -0.25) is 14.5 Å². The Morgan fingerprint density at radius 1 is 1.10 bits per heavy atom. The predicted octanol–water partition coefficient (Wildman–Crippen LogP) is 3.82. The molecule has 1 saturated heterocycles. The van der Waals surface area contributed by atoms with Crippen molar-refractivity contribution in [2.75, 3.05) is 23.7 Å². The summed E-state index contributed by atoms with van der Waals surface area (Å²) in [5.74, 6) is 0.223. The summed E-state index contributed by atoms with van der Waals surface area (Å²) in [4.78, 5) is 30.2. The Morgan fingerprint density at radius 2 is 1.87 bits per heavy atom. The number of anilines is 1. The van der Waals surface area contributed by atoms with Gasteiger partial charge in [0.05, 0.1) is 11.4 Å². The Kier molecular flexibility index (Phi) is 6.75. The van der Waals surface area contributed by atoms with Crippen LogP contribution in [0.2, 0.25) is 0 Å². The van der Waals surface area contributed by atoms with E-state index >= 15 is 0 Å². The number of carbonyl (C=O) groups is 2. The van der Waals surface area contributed by atoms with Crippen molar-refractivity contribution in [3.63, 3.8) is 0 Å². The first-order chi connectivity index (χ1) is 14.6. The second-order valence-corrected chi connectivity index (χ2v) is 9.11. The summed E-state index contributed by atoms with van der Waals surface area (Å²) < 4.78 is 0. The van der Waals surface area contributed by atoms with E-state index in [0.717, 1.165) is 29.2 Å². The molecule has 0 radical (unpaired) electrons. The predicted molar refractivity (Wildman–Crippen MR) is 122 cm³/mol. The van der Waals surface area contributed by atoms with Crippen LogP contribution in [-0.2, 0) is 22.7 Å². The summed E-state index contributed by atoms with van der Waals surface area (Å²) in [7, 11) is 0. The molecule has 4 rings (SSSR count). The number of carbonyl (C=O) groups excluding carboxylic acids is 2. The highest BCUT2D eigenvalue weighted by Gasteiger charge is 2.26. The average molecular weight is 424 g/mol. The maximum atomic E-state index is 12.7. The highest BCUT2D eigenvalue weighted by molar-refractivity contribution is 8.00. The van der Waals surface area contributed by atoms with E-state index in [-0.39, 0.29) is 18.4 Å². The Hall–Kier alpha value is -2.31. The van der Waals surface area contributed by atoms with Gasteiger partial charge in [-0.1, -0.05) is 42.8 Å². The second kappa shape index (κ2) is 9.67. The van der Waals surface area contributed by atoms with Gasteiger partial charge in [0.15, 0.2) is 0 Å². The molecular formula is C24H29N3O2S. The molecule has 2 aromatic rings. The zero-order valence-corrected chi connectivity index (χ0v) is 18.3. The molecule has 0 saturated carbocycles. The molecule has 2 aliphatic rings. The molecule has 1 atom stereocenters. The summed E-state index contributed by atoms with van der Waals surface area (Å²) in [5.41, 5.74) is 3.24. The number of amides is 2. The molecular weight excluding hydrogens is 394 g/mol. The molecule has 1 fully saturated rings. The number of hydrogen-bond donors (Lipinski definition) is 1. The Labute approximate surface area is 182 Å². The quantitative estimate of drug-likeness (QED) is 0.768. The Bertz CT molecular complexity index is 917. The molecule has 1 N–H and O–H groups in total. The van der Waals surface area contributed by atoms with Crippen LogP contribution in [0.15, 0.2) is 53.4 Å². The fourth-order valence-electron chi connectivity index (χ4n) is 4.22. The minimum absolute atomic E-state index is 0.0201. The van der Waals surface area contributed by atoms with Gasteiger partial charge >= 0.3 is 0 Å². The van der Waals surface area contributed by atoms with E-state index in [1.54, 1.807) is 4.90 Å². The van der Waals surface area contributed by atoms with Gasteiger partial charge in [0.25, 0.3) is 0 Å². The van der Waals surface area contributed by atoms with E-state index in [4.69, 9.17) is 0 Å². The fraction of sp³-hybridized carbons (Fsp3) is 0.417. The smallest absolute Gasteiger partial charge is 0.240 e. The second-order valence-electron chi connectivity index (χ2n) is 8.10. The highest BCUT2D eigenvalue weighted by atomic mass is 32.2. The van der Waals surface area contributed by atoms with Crippen LogP contribution in [0.5, 0.6) is 0 Å². The number of nitrogens with one attached hydrogen (secondary N) is 1. The first kappa shape index (κ1) is 20.9. The zero-order valence-electron chi connectivity index (χ0n) is 17.5. The zero-order chi connectivity index (χ0) is 20.9. The van der Waals surface area contributed by atoms with Gasteiger partial charge in [0, 0.05) is 24.0 Å². The number of hydrogen-bond acceptors (Lipinski definition) is 4. The Morgan fingerprint density at radius 3 is 2.70 bits per heavy atom. The van der Waals surface area contributed by atoms with Crippen LogP contribution < -0.4 is 10.2 Å². The monoisotopic (exact) mass is 423 g/mol. The minimum Gasteiger partial charge on any atom is -0.350 e. The lowest BCUT2D eigenvalue weighted by atomic mass is 10.0. The lowest BCUT2D eigenvalue weighted by Crippen LogP contribution is -2.43. The van der Waals surface area contributed by atoms with E-state index in [1.165, 1.54) is 36.6 Å². The van der Waals surface area contributed by atoms with Crippen LogP contribution in [0.1, 0.15) is 37.3 Å². The van der Waals surface area contributed by atoms with Gasteiger partial charge in [-0.2, -0.15) is 0 Å². The number of rotatable bonds is 6. The van der Waals surface area contributed by atoms with E-state index < -0.39 is 0 Å². The third-order valence-electron chi connectivity index (χ3n) is 6.02. The molecule has 0 spiro atoms. The van der Waals surface area contributed by atoms with Gasteiger partial charge in [-0.25, -0.2) is 0 Å². The molecule has 0 aliphatic carbocycles. The number of fused-ring (bicyclic) bond motifs is 1. The Balaban J connectivity index is 1.38. The molecule has 2 amide bonds. The molecule has 0 aromatic heterocycles. The molecule has 0 bridgehead atoms. The summed E-state index contributed by atoms with van der Waals surface area (Å²) in [5, 5.41) is 3.03. The number of benzene rings is 2. The van der Waals surface area contributed by atoms with Crippen molar-refractivity contribution in [2.24, 2.45) is 0 Å². The normalized spacial score (nSPS) is 19.4. The minimum atomic E-state index is -0.133. The lowest BCUT2D eigenvalue weighted by Gasteiger charge is -2.33. The third kappa shape index (κ3) is 4.87. The van der Waals surface area contributed by atoms with Gasteiger partial charge in [-0.05, 0) is 49.6 Å². The first-order valence-electron chi connectivity index (χ1n) is 10.7. The van der Waals surface area contributed by atoms with Crippen LogP contribution in [0.25, 0.3) is 0 Å². The van der Waals surface area contributed by atoms with E-state index in [2.05, 4.69) is 35.3 Å². The number of piperidine rings is 1. The third-order valence-corrected chi connectivity index (χ3v) is 7.07. The summed E-state index contributed by atoms with van der Waals surface area (Å²) in [6.45, 7) is 4.89. The molecule has 6 heteroatoms. The molecule has 158 valence electrons. The number of para-hydroxylation sites is 1. The van der Waals surface area contributed by atoms with Crippen molar-refractivity contribution < 1.29 is 9.59 Å². The molecule has 5 nitrogen and oxygen atoms in total. The molecule has 30 heavy (non-hydrogen) atoms. The van der Waals surface area contributed by atoms with Gasteiger partial charge in [0.2, 0.25) is 11.8 Å². The van der Waals surface area contributed by atoms with Crippen molar-refractivity contribution in [1.82, 2.24) is 10.2 Å². The fourth-order valence-corrected chi connectivity index (χ4v) is 5.15. The topological polar surface area (TPSA) is 52.7 Å². The van der Waals surface area contributed by atoms with Crippen LogP contribution in [-0.4, -0.2) is 41.6 Å². The molecule has 1 unspecified atom stereocenters. The van der Waals surface area contributed by atoms with Crippen LogP contribution in [0.3, 0.4) is 0 Å². The van der Waals surface area contributed by atoms with Crippen LogP contribution in [0.4, 0.5) is 5.69 Å². The van der Waals surface area contributed by atoms with Gasteiger partial charge in [-0.15, -0.1) is 11.8 Å². The van der Waals surface area contributed by atoms with Crippen molar-refractivity contribution in [3.05, 3.63) is 59.7 Å². The molecule has 2 heterocycles. The number of nitrogens with zero attached hydrogens (tertiary/aromatic N) is 2. The maximum Gasteiger partial charge on any atom is 0.240 e. The first-order valence-corrected chi connectivity index (χ1v) is 11.7. The average Bonchev–Trinajstić information content (AvgIpc) is 2.77. The molecule has 2 aromatic carbocycles. The van der Waals surface area contributed by atoms with Crippen molar-refractivity contribution in [3.8, 4) is 0 Å². The summed E-state index contributed by atoms with van der Waals surface area (Å²) >= 11 is 1.53. The van der Waals surface area contributed by atoms with E-state index in [0.29, 0.717) is 18.3 Å². The molecule has 2 aliphatic heterocycles. The van der Waals surface area contributed by atoms with Crippen molar-refractivity contribution in [1.29, 1.82) is 0 Å². The van der Waals surface area contributed by atoms with Gasteiger partial charge < -0.3 is 10.2 Å². The van der Waals surface area contributed by atoms with Crippen LogP contribution >= 0.6 is 11.8 Å². The van der Waals surface area contributed by atoms with E-state index in [9.17, 15) is 9.59 Å². The van der Waals surface area contributed by atoms with E-state index in [1.807, 2.05) is 30.3 Å². The van der Waals surface area contributed by atoms with Gasteiger partial charge in [0.1, 0.15) is 6.54 Å². The highest BCUT2D eigenvalue weighted by Crippen LogP contribution is 2.34. The maximum absolute atomic E-state index is 12.7. The standard InChI is InChI=1S/C24H29N3O2S/c1-18-8-6-7-13-26(18)15-20-10-3-2-9-19(20)14-25-23(28)16-27-21-11-4-5-12-22(21)30-17-24(27)29/h2-5,9-12,18H,6-8,13-17H2,1H3,(H,25,28). The summed E-state index contributed by atoms with van der Waals surface area (Å²) in [6, 6.07) is 16.7. The van der Waals surface area contributed by atoms with Crippen molar-refractivity contribution in [2.45, 2.75) is 50.2 Å². The van der Waals surface area contributed by atoms with Crippen molar-refractivity contribution >= 4 is 29.3 Å². The summed E-state index contributed by atoms with van der Waals surface area (Å²) in [6.07, 6.45) is 3.82.